The van der Waals surface area contributed by atoms with E-state index in [1.54, 1.807) is 25.1 Å². The molecule has 19 heavy (non-hydrogen) atoms. The van der Waals surface area contributed by atoms with Gasteiger partial charge in [0.25, 0.3) is 0 Å². The van der Waals surface area contributed by atoms with E-state index in [9.17, 15) is 8.78 Å². The summed E-state index contributed by atoms with van der Waals surface area (Å²) in [5, 5.41) is 8.60. The minimum Gasteiger partial charge on any atom is -0.356 e. The van der Waals surface area contributed by atoms with Crippen molar-refractivity contribution >= 4 is 21.8 Å². The summed E-state index contributed by atoms with van der Waals surface area (Å²) in [6, 6.07) is 1.83. The summed E-state index contributed by atoms with van der Waals surface area (Å²) in [4.78, 5) is 5.34. The quantitative estimate of drug-likeness (QED) is 0.364. The number of nitrogens with zero attached hydrogens (tertiary/aromatic N) is 3. The topological polar surface area (TPSA) is 39.4 Å². The first-order valence-electron chi connectivity index (χ1n) is 5.75. The zero-order chi connectivity index (χ0) is 14.6. The molecule has 0 fully saturated rings. The number of amidine groups is 1. The fourth-order valence-electron chi connectivity index (χ4n) is 1.76. The van der Waals surface area contributed by atoms with Gasteiger partial charge in [0.1, 0.15) is 17.5 Å². The fraction of sp³-hybridized carbons (Fsp3) is 0.385. The van der Waals surface area contributed by atoms with Gasteiger partial charge in [-0.15, -0.1) is 0 Å². The maximum atomic E-state index is 13.9. The highest BCUT2D eigenvalue weighted by molar-refractivity contribution is 9.10. The average Bonchev–Trinajstić information content (AvgIpc) is 2.38. The molecule has 1 rings (SSSR count). The van der Waals surface area contributed by atoms with Crippen molar-refractivity contribution in [3.8, 4) is 6.19 Å². The second-order valence-corrected chi connectivity index (χ2v) is 4.91. The van der Waals surface area contributed by atoms with E-state index in [0.717, 1.165) is 12.1 Å². The molecule has 0 aliphatic carbocycles. The number of benzene rings is 1. The van der Waals surface area contributed by atoms with Crippen LogP contribution in [0.1, 0.15) is 31.9 Å². The predicted molar refractivity (Wildman–Crippen MR) is 73.6 cm³/mol. The Labute approximate surface area is 119 Å². The lowest BCUT2D eigenvalue weighted by molar-refractivity contribution is 0.380. The van der Waals surface area contributed by atoms with Crippen LogP contribution in [0.4, 0.5) is 8.78 Å². The molecular formula is C13H14BrF2N3. The van der Waals surface area contributed by atoms with Gasteiger partial charge in [0, 0.05) is 19.0 Å². The Balaban J connectivity index is 3.13. The zero-order valence-corrected chi connectivity index (χ0v) is 12.5. The molecular weight excluding hydrogens is 316 g/mol. The molecule has 3 nitrogen and oxygen atoms in total. The number of hydrogen-bond acceptors (Lipinski definition) is 2. The van der Waals surface area contributed by atoms with Crippen LogP contribution in [0.15, 0.2) is 21.6 Å². The van der Waals surface area contributed by atoms with E-state index in [4.69, 9.17) is 5.26 Å². The second kappa shape index (κ2) is 6.62. The van der Waals surface area contributed by atoms with Gasteiger partial charge in [0.2, 0.25) is 6.19 Å². The molecule has 1 unspecified atom stereocenters. The van der Waals surface area contributed by atoms with Crippen LogP contribution in [-0.4, -0.2) is 17.8 Å². The Morgan fingerprint density at radius 2 is 2.11 bits per heavy atom. The first kappa shape index (κ1) is 15.6. The molecule has 1 aromatic carbocycles. The van der Waals surface area contributed by atoms with Crippen LogP contribution in [0, 0.1) is 23.1 Å². The van der Waals surface area contributed by atoms with Gasteiger partial charge in [-0.2, -0.15) is 10.3 Å². The van der Waals surface area contributed by atoms with Crippen LogP contribution in [0.2, 0.25) is 0 Å². The summed E-state index contributed by atoms with van der Waals surface area (Å²) in [6.07, 6.45) is 2.25. The van der Waals surface area contributed by atoms with E-state index in [2.05, 4.69) is 20.9 Å². The summed E-state index contributed by atoms with van der Waals surface area (Å²) in [7, 11) is 1.70. The molecule has 1 aromatic rings. The van der Waals surface area contributed by atoms with E-state index in [0.29, 0.717) is 12.3 Å². The molecule has 0 aliphatic heterocycles. The van der Waals surface area contributed by atoms with Gasteiger partial charge in [-0.3, -0.25) is 0 Å². The van der Waals surface area contributed by atoms with Crippen molar-refractivity contribution in [3.05, 3.63) is 33.8 Å². The third-order valence-electron chi connectivity index (χ3n) is 2.97. The van der Waals surface area contributed by atoms with E-state index in [-0.39, 0.29) is 10.0 Å². The van der Waals surface area contributed by atoms with Crippen molar-refractivity contribution < 1.29 is 8.78 Å². The molecule has 102 valence electrons. The number of aliphatic imine (C=N–C) groups is 1. The van der Waals surface area contributed by atoms with Crippen molar-refractivity contribution in [1.82, 2.24) is 4.90 Å². The van der Waals surface area contributed by atoms with Crippen molar-refractivity contribution in [2.45, 2.75) is 26.3 Å². The third-order valence-corrected chi connectivity index (χ3v) is 3.58. The Morgan fingerprint density at radius 3 is 2.63 bits per heavy atom. The van der Waals surface area contributed by atoms with Crippen LogP contribution in [-0.2, 0) is 0 Å². The van der Waals surface area contributed by atoms with Crippen LogP contribution in [0.25, 0.3) is 0 Å². The second-order valence-electron chi connectivity index (χ2n) is 4.06. The molecule has 0 saturated carbocycles. The predicted octanol–water partition coefficient (Wildman–Crippen LogP) is 4.01. The highest BCUT2D eigenvalue weighted by atomic mass is 79.9. The zero-order valence-electron chi connectivity index (χ0n) is 10.9. The molecule has 0 spiro atoms. The van der Waals surface area contributed by atoms with Crippen molar-refractivity contribution in [2.24, 2.45) is 4.99 Å². The molecule has 0 radical (unpaired) electrons. The summed E-state index contributed by atoms with van der Waals surface area (Å²) in [5.41, 5.74) is 0.224. The van der Waals surface area contributed by atoms with E-state index >= 15 is 0 Å². The summed E-state index contributed by atoms with van der Waals surface area (Å²) in [6.45, 7) is 3.58. The number of hydrogen-bond donors (Lipinski definition) is 0. The van der Waals surface area contributed by atoms with Gasteiger partial charge in [-0.25, -0.2) is 8.78 Å². The van der Waals surface area contributed by atoms with Crippen LogP contribution < -0.4 is 0 Å². The molecule has 0 aliphatic rings. The number of nitriles is 1. The van der Waals surface area contributed by atoms with E-state index in [1.807, 2.05) is 6.92 Å². The molecule has 0 aromatic heterocycles. The van der Waals surface area contributed by atoms with E-state index in [1.165, 1.54) is 0 Å². The monoisotopic (exact) mass is 329 g/mol. The highest BCUT2D eigenvalue weighted by Crippen LogP contribution is 2.27. The van der Waals surface area contributed by atoms with Gasteiger partial charge in [0.15, 0.2) is 0 Å². The lowest BCUT2D eigenvalue weighted by Crippen LogP contribution is -2.29. The SMILES string of the molecule is CC/C(=N\C#N)N(C)C(C)c1cc(F)c(Br)cc1F. The average molecular weight is 330 g/mol. The van der Waals surface area contributed by atoms with Crippen LogP contribution in [0.3, 0.4) is 0 Å². The molecule has 0 bridgehead atoms. The van der Waals surface area contributed by atoms with Crippen LogP contribution in [0.5, 0.6) is 0 Å². The van der Waals surface area contributed by atoms with E-state index < -0.39 is 17.7 Å². The van der Waals surface area contributed by atoms with Crippen molar-refractivity contribution in [1.29, 1.82) is 5.26 Å². The maximum Gasteiger partial charge on any atom is 0.207 e. The largest absolute Gasteiger partial charge is 0.356 e. The van der Waals surface area contributed by atoms with Crippen LogP contribution >= 0.6 is 15.9 Å². The molecule has 0 heterocycles. The Hall–Kier alpha value is -1.48. The normalized spacial score (nSPS) is 13.0. The Bertz CT molecular complexity index is 537. The van der Waals surface area contributed by atoms with Gasteiger partial charge < -0.3 is 4.90 Å². The fourth-order valence-corrected chi connectivity index (χ4v) is 2.07. The minimum absolute atomic E-state index is 0.0880. The lowest BCUT2D eigenvalue weighted by atomic mass is 10.1. The minimum atomic E-state index is -0.521. The lowest BCUT2D eigenvalue weighted by Gasteiger charge is -2.27. The van der Waals surface area contributed by atoms with Crippen molar-refractivity contribution in [2.75, 3.05) is 7.05 Å². The molecule has 1 atom stereocenters. The Kier molecular flexibility index (Phi) is 5.43. The highest BCUT2D eigenvalue weighted by Gasteiger charge is 2.20. The molecule has 0 amide bonds. The number of halogens is 3. The third kappa shape index (κ3) is 3.51. The summed E-state index contributed by atoms with van der Waals surface area (Å²) in [5.74, 6) is -0.496. The van der Waals surface area contributed by atoms with Crippen molar-refractivity contribution in [3.63, 3.8) is 0 Å². The molecule has 0 N–H and O–H groups in total. The first-order chi connectivity index (χ1) is 8.92. The maximum absolute atomic E-state index is 13.9. The number of rotatable bonds is 3. The summed E-state index contributed by atoms with van der Waals surface area (Å²) < 4.78 is 27.5. The first-order valence-corrected chi connectivity index (χ1v) is 6.54. The molecule has 0 saturated heterocycles. The van der Waals surface area contributed by atoms with Gasteiger partial charge in [0.05, 0.1) is 10.5 Å². The van der Waals surface area contributed by atoms with Gasteiger partial charge >= 0.3 is 0 Å². The standard InChI is InChI=1S/C13H14BrF2N3/c1-4-13(18-7-17)19(3)8(2)9-5-12(16)10(14)6-11(9)15/h5-6,8H,4H2,1-3H3/b18-13+. The molecule has 6 heteroatoms. The van der Waals surface area contributed by atoms with Gasteiger partial charge in [-0.05, 0) is 35.0 Å². The van der Waals surface area contributed by atoms with Gasteiger partial charge in [-0.1, -0.05) is 6.92 Å². The summed E-state index contributed by atoms with van der Waals surface area (Å²) >= 11 is 2.94. The smallest absolute Gasteiger partial charge is 0.207 e. The Morgan fingerprint density at radius 1 is 1.47 bits per heavy atom.